The summed E-state index contributed by atoms with van der Waals surface area (Å²) in [4.78, 5) is 23.1. The first kappa shape index (κ1) is 32.0. The number of hydrogen-bond acceptors (Lipinski definition) is 8. The van der Waals surface area contributed by atoms with Crippen LogP contribution in [0.1, 0.15) is 39.9 Å². The molecule has 1 saturated heterocycles. The van der Waals surface area contributed by atoms with E-state index >= 15 is 0 Å². The number of methoxy groups -OCH3 is 1. The number of carbonyl (C=O) groups excluding carboxylic acids is 1. The van der Waals surface area contributed by atoms with Crippen LogP contribution in [-0.4, -0.2) is 71.6 Å². The molecule has 10 nitrogen and oxygen atoms in total. The Morgan fingerprint density at radius 3 is 2.56 bits per heavy atom. The first-order chi connectivity index (χ1) is 20.3. The van der Waals surface area contributed by atoms with Crippen LogP contribution in [0.15, 0.2) is 42.6 Å². The summed E-state index contributed by atoms with van der Waals surface area (Å²) < 4.78 is 60.7. The summed E-state index contributed by atoms with van der Waals surface area (Å²) in [6, 6.07) is 10.3. The summed E-state index contributed by atoms with van der Waals surface area (Å²) in [7, 11) is 3.79. The number of piperidine rings is 1. The zero-order valence-corrected chi connectivity index (χ0v) is 25.5. The number of amides is 1. The molecule has 1 aromatic heterocycles. The van der Waals surface area contributed by atoms with E-state index in [0.29, 0.717) is 34.4 Å². The normalized spacial score (nSPS) is 15.1. The van der Waals surface area contributed by atoms with Gasteiger partial charge in [0.1, 0.15) is 28.1 Å². The van der Waals surface area contributed by atoms with E-state index in [1.165, 1.54) is 13.4 Å². The fourth-order valence-corrected chi connectivity index (χ4v) is 5.14. The van der Waals surface area contributed by atoms with Gasteiger partial charge in [-0.1, -0.05) is 12.1 Å². The Hall–Kier alpha value is -3.91. The van der Waals surface area contributed by atoms with Gasteiger partial charge in [-0.2, -0.15) is 18.2 Å². The van der Waals surface area contributed by atoms with E-state index in [9.17, 15) is 22.2 Å². The van der Waals surface area contributed by atoms with Crippen LogP contribution in [-0.2, 0) is 23.7 Å². The lowest BCUT2D eigenvalue weighted by Crippen LogP contribution is -2.43. The van der Waals surface area contributed by atoms with Crippen molar-refractivity contribution in [2.75, 3.05) is 55.5 Å². The van der Waals surface area contributed by atoms with E-state index in [1.807, 2.05) is 26.1 Å². The average molecular weight is 620 g/mol. The molecule has 1 aliphatic heterocycles. The molecule has 3 aromatic rings. The highest BCUT2D eigenvalue weighted by Crippen LogP contribution is 2.35. The molecular formula is C29H36F3N7O3S. The molecule has 2 heterocycles. The smallest absolute Gasteiger partial charge is 0.421 e. The van der Waals surface area contributed by atoms with Crippen molar-refractivity contribution in [3.63, 3.8) is 0 Å². The van der Waals surface area contributed by atoms with Crippen LogP contribution in [0.25, 0.3) is 0 Å². The summed E-state index contributed by atoms with van der Waals surface area (Å²) in [5.74, 6) is -0.461. The summed E-state index contributed by atoms with van der Waals surface area (Å²) in [5.41, 5.74) is 1.91. The Morgan fingerprint density at radius 1 is 1.19 bits per heavy atom. The standard InChI is InChI=1S/C29H36F3N7O3S/c1-18-6-7-20(24(14-18)39(3)43(5)41)16-33-26-22(29(30,31)32)17-34-28(37-26)36-23-9-8-19(15-25(23)42-4)27(40)35-21-10-12-38(2)13-11-21/h6-9,14-15,17,21H,10-13,16H2,1-5H3,(H,35,40)(H2,33,34,36,37). The SMILES string of the molecule is COc1cc(C(=O)NC2CCN(C)CC2)ccc1Nc1ncc(C(F)(F)F)c(NCc2ccc(C)cc2N(C)S(C)=O)n1. The van der Waals surface area contributed by atoms with Crippen molar-refractivity contribution in [1.82, 2.24) is 20.2 Å². The molecule has 1 fully saturated rings. The summed E-state index contributed by atoms with van der Waals surface area (Å²) in [6.07, 6.45) is -0.760. The fourth-order valence-electron chi connectivity index (χ4n) is 4.70. The molecule has 0 spiro atoms. The van der Waals surface area contributed by atoms with E-state index in [4.69, 9.17) is 4.74 Å². The lowest BCUT2D eigenvalue weighted by molar-refractivity contribution is -0.137. The molecule has 0 bridgehead atoms. The van der Waals surface area contributed by atoms with Crippen molar-refractivity contribution in [3.8, 4) is 5.75 Å². The van der Waals surface area contributed by atoms with Gasteiger partial charge in [-0.15, -0.1) is 0 Å². The topological polar surface area (TPSA) is 112 Å². The minimum Gasteiger partial charge on any atom is -0.495 e. The molecule has 232 valence electrons. The predicted molar refractivity (Wildman–Crippen MR) is 162 cm³/mol. The van der Waals surface area contributed by atoms with Gasteiger partial charge in [-0.05, 0) is 75.3 Å². The molecule has 0 radical (unpaired) electrons. The van der Waals surface area contributed by atoms with Crippen molar-refractivity contribution in [2.45, 2.75) is 38.5 Å². The van der Waals surface area contributed by atoms with Gasteiger partial charge in [0.15, 0.2) is 0 Å². The third-order valence-electron chi connectivity index (χ3n) is 7.27. The lowest BCUT2D eigenvalue weighted by Gasteiger charge is -2.29. The van der Waals surface area contributed by atoms with Gasteiger partial charge in [0.2, 0.25) is 5.95 Å². The molecule has 1 unspecified atom stereocenters. The van der Waals surface area contributed by atoms with Gasteiger partial charge in [0.05, 0.1) is 18.5 Å². The lowest BCUT2D eigenvalue weighted by atomic mass is 10.0. The largest absolute Gasteiger partial charge is 0.495 e. The number of ether oxygens (including phenoxy) is 1. The highest BCUT2D eigenvalue weighted by atomic mass is 32.2. The molecule has 0 aliphatic carbocycles. The van der Waals surface area contributed by atoms with Crippen molar-refractivity contribution in [3.05, 3.63) is 64.8 Å². The highest BCUT2D eigenvalue weighted by molar-refractivity contribution is 7.85. The van der Waals surface area contributed by atoms with Crippen LogP contribution >= 0.6 is 0 Å². The molecular weight excluding hydrogens is 583 g/mol. The van der Waals surface area contributed by atoms with Gasteiger partial charge in [0.25, 0.3) is 5.91 Å². The van der Waals surface area contributed by atoms with Crippen LogP contribution in [0.3, 0.4) is 0 Å². The minimum absolute atomic E-state index is 0.0128. The van der Waals surface area contributed by atoms with Gasteiger partial charge in [-0.3, -0.25) is 9.10 Å². The average Bonchev–Trinajstić information content (AvgIpc) is 2.96. The van der Waals surface area contributed by atoms with E-state index in [1.54, 1.807) is 35.6 Å². The first-order valence-electron chi connectivity index (χ1n) is 13.6. The molecule has 1 amide bonds. The number of anilines is 4. The maximum Gasteiger partial charge on any atom is 0.421 e. The summed E-state index contributed by atoms with van der Waals surface area (Å²) >= 11 is 0. The number of hydrogen-bond donors (Lipinski definition) is 3. The van der Waals surface area contributed by atoms with Crippen LogP contribution in [0.4, 0.5) is 36.3 Å². The number of alkyl halides is 3. The number of likely N-dealkylation sites (tertiary alicyclic amines) is 1. The Morgan fingerprint density at radius 2 is 1.91 bits per heavy atom. The second kappa shape index (κ2) is 13.6. The molecule has 0 saturated carbocycles. The van der Waals surface area contributed by atoms with Gasteiger partial charge in [-0.25, -0.2) is 9.19 Å². The fraction of sp³-hybridized carbons (Fsp3) is 0.414. The third kappa shape index (κ3) is 8.14. The van der Waals surface area contributed by atoms with Crippen LogP contribution in [0.2, 0.25) is 0 Å². The number of aryl methyl sites for hydroxylation is 1. The Bertz CT molecular complexity index is 1480. The van der Waals surface area contributed by atoms with Gasteiger partial charge < -0.3 is 25.6 Å². The van der Waals surface area contributed by atoms with E-state index in [2.05, 4.69) is 30.8 Å². The van der Waals surface area contributed by atoms with E-state index in [-0.39, 0.29) is 24.4 Å². The highest BCUT2D eigenvalue weighted by Gasteiger charge is 2.35. The molecule has 43 heavy (non-hydrogen) atoms. The predicted octanol–water partition coefficient (Wildman–Crippen LogP) is 4.72. The zero-order valence-electron chi connectivity index (χ0n) is 24.7. The maximum absolute atomic E-state index is 13.9. The third-order valence-corrected chi connectivity index (χ3v) is 8.24. The van der Waals surface area contributed by atoms with Crippen LogP contribution < -0.4 is 25.0 Å². The number of rotatable bonds is 10. The summed E-state index contributed by atoms with van der Waals surface area (Å²) in [5, 5.41) is 8.74. The number of nitrogens with zero attached hydrogens (tertiary/aromatic N) is 4. The second-order valence-corrected chi connectivity index (χ2v) is 11.8. The van der Waals surface area contributed by atoms with E-state index in [0.717, 1.165) is 31.5 Å². The van der Waals surface area contributed by atoms with Crippen molar-refractivity contribution < 1.29 is 26.9 Å². The van der Waals surface area contributed by atoms with Gasteiger partial charge in [0, 0.05) is 37.7 Å². The zero-order chi connectivity index (χ0) is 31.3. The molecule has 1 aliphatic rings. The van der Waals surface area contributed by atoms with Crippen molar-refractivity contribution >= 4 is 40.0 Å². The molecule has 2 aromatic carbocycles. The molecule has 3 N–H and O–H groups in total. The minimum atomic E-state index is -4.71. The monoisotopic (exact) mass is 619 g/mol. The van der Waals surface area contributed by atoms with Crippen LogP contribution in [0, 0.1) is 6.92 Å². The Balaban J connectivity index is 1.55. The Labute approximate surface area is 251 Å². The first-order valence-corrected chi connectivity index (χ1v) is 15.2. The number of carbonyl (C=O) groups is 1. The van der Waals surface area contributed by atoms with Gasteiger partial charge >= 0.3 is 6.18 Å². The number of halogens is 3. The number of aromatic nitrogens is 2. The van der Waals surface area contributed by atoms with Crippen molar-refractivity contribution in [1.29, 1.82) is 0 Å². The number of nitrogens with one attached hydrogen (secondary N) is 3. The quantitative estimate of drug-likeness (QED) is 0.299. The molecule has 1 atom stereocenters. The Kier molecular flexibility index (Phi) is 10.1. The molecule has 4 rings (SSSR count). The molecule has 14 heteroatoms. The summed E-state index contributed by atoms with van der Waals surface area (Å²) in [6.45, 7) is 3.68. The maximum atomic E-state index is 13.9. The second-order valence-electron chi connectivity index (χ2n) is 10.5. The van der Waals surface area contributed by atoms with Crippen LogP contribution in [0.5, 0.6) is 5.75 Å². The number of benzene rings is 2. The van der Waals surface area contributed by atoms with E-state index < -0.39 is 28.5 Å². The van der Waals surface area contributed by atoms with Crippen molar-refractivity contribution in [2.24, 2.45) is 0 Å².